The topological polar surface area (TPSA) is 64.4 Å². The summed E-state index contributed by atoms with van der Waals surface area (Å²) >= 11 is 1.79. The molecule has 0 unspecified atom stereocenters. The van der Waals surface area contributed by atoms with Gasteiger partial charge in [-0.2, -0.15) is 16.9 Å². The lowest BCUT2D eigenvalue weighted by molar-refractivity contribution is 0.0690. The summed E-state index contributed by atoms with van der Waals surface area (Å²) in [7, 11) is 0. The predicted octanol–water partition coefficient (Wildman–Crippen LogP) is 2.37. The van der Waals surface area contributed by atoms with Gasteiger partial charge < -0.3 is 9.84 Å². The highest BCUT2D eigenvalue weighted by Crippen LogP contribution is 2.19. The van der Waals surface area contributed by atoms with E-state index in [-0.39, 0.29) is 5.56 Å². The number of thioether (sulfide) groups is 1. The maximum Gasteiger partial charge on any atom is 0.342 e. The van der Waals surface area contributed by atoms with Crippen molar-refractivity contribution in [2.24, 2.45) is 5.92 Å². The largest absolute Gasteiger partial charge is 0.477 e. The molecule has 1 heterocycles. The predicted molar refractivity (Wildman–Crippen MR) is 72.5 cm³/mol. The number of ether oxygens (including phenoxy) is 1. The van der Waals surface area contributed by atoms with Crippen molar-refractivity contribution in [3.8, 4) is 5.88 Å². The van der Waals surface area contributed by atoms with Crippen molar-refractivity contribution < 1.29 is 14.6 Å². The molecule has 0 aliphatic heterocycles. The van der Waals surface area contributed by atoms with Gasteiger partial charge in [0.2, 0.25) is 5.88 Å². The molecule has 1 rings (SSSR count). The number of aryl methyl sites for hydroxylation is 1. The van der Waals surface area contributed by atoms with Gasteiger partial charge >= 0.3 is 5.97 Å². The average Bonchev–Trinajstić information content (AvgIpc) is 2.70. The fourth-order valence-corrected chi connectivity index (χ4v) is 1.96. The van der Waals surface area contributed by atoms with E-state index in [1.54, 1.807) is 16.4 Å². The Labute approximate surface area is 112 Å². The summed E-state index contributed by atoms with van der Waals surface area (Å²) in [4.78, 5) is 11.1. The Morgan fingerprint density at radius 1 is 1.61 bits per heavy atom. The second-order valence-electron chi connectivity index (χ2n) is 4.29. The van der Waals surface area contributed by atoms with Crippen molar-refractivity contribution in [1.82, 2.24) is 9.78 Å². The zero-order chi connectivity index (χ0) is 13.5. The van der Waals surface area contributed by atoms with E-state index >= 15 is 0 Å². The zero-order valence-corrected chi connectivity index (χ0v) is 11.9. The van der Waals surface area contributed by atoms with Gasteiger partial charge in [-0.15, -0.1) is 0 Å². The Balaban J connectivity index is 2.78. The summed E-state index contributed by atoms with van der Waals surface area (Å²) in [5.41, 5.74) is 0.136. The van der Waals surface area contributed by atoms with E-state index < -0.39 is 5.97 Å². The second kappa shape index (κ2) is 7.31. The summed E-state index contributed by atoms with van der Waals surface area (Å²) < 4.78 is 7.21. The highest BCUT2D eigenvalue weighted by atomic mass is 32.2. The van der Waals surface area contributed by atoms with E-state index in [1.165, 1.54) is 6.20 Å². The highest BCUT2D eigenvalue weighted by molar-refractivity contribution is 7.99. The van der Waals surface area contributed by atoms with E-state index in [0.29, 0.717) is 24.9 Å². The molecule has 0 aliphatic carbocycles. The first kappa shape index (κ1) is 14.9. The second-order valence-corrected chi connectivity index (χ2v) is 5.69. The molecule has 1 aromatic rings. The van der Waals surface area contributed by atoms with Gasteiger partial charge in [-0.3, -0.25) is 0 Å². The van der Waals surface area contributed by atoms with E-state index in [9.17, 15) is 4.79 Å². The van der Waals surface area contributed by atoms with Crippen LogP contribution in [0, 0.1) is 5.92 Å². The van der Waals surface area contributed by atoms with Crippen molar-refractivity contribution in [3.05, 3.63) is 11.8 Å². The molecule has 0 saturated heterocycles. The van der Waals surface area contributed by atoms with Gasteiger partial charge in [0.25, 0.3) is 0 Å². The third kappa shape index (κ3) is 4.25. The first-order valence-electron chi connectivity index (χ1n) is 6.05. The number of carbonyl (C=O) groups is 1. The molecule has 0 bridgehead atoms. The van der Waals surface area contributed by atoms with Gasteiger partial charge in [0.15, 0.2) is 0 Å². The SMILES string of the molecule is CCSCCn1ncc(C(=O)O)c1OCC(C)C. The van der Waals surface area contributed by atoms with Crippen LogP contribution in [0.25, 0.3) is 0 Å². The van der Waals surface area contributed by atoms with Crippen LogP contribution in [0.15, 0.2) is 6.20 Å². The minimum Gasteiger partial charge on any atom is -0.477 e. The summed E-state index contributed by atoms with van der Waals surface area (Å²) in [5.74, 6) is 1.65. The van der Waals surface area contributed by atoms with Crippen LogP contribution in [0.4, 0.5) is 0 Å². The highest BCUT2D eigenvalue weighted by Gasteiger charge is 2.18. The molecule has 0 amide bonds. The number of carboxylic acid groups (broad SMARTS) is 1. The van der Waals surface area contributed by atoms with Gasteiger partial charge in [-0.05, 0) is 11.7 Å². The van der Waals surface area contributed by atoms with Gasteiger partial charge in [-0.25, -0.2) is 9.48 Å². The number of rotatable bonds is 8. The normalized spacial score (nSPS) is 10.9. The number of carboxylic acids is 1. The molecule has 0 saturated carbocycles. The van der Waals surface area contributed by atoms with Crippen LogP contribution in [-0.4, -0.2) is 39.0 Å². The summed E-state index contributed by atoms with van der Waals surface area (Å²) in [6, 6.07) is 0. The third-order valence-electron chi connectivity index (χ3n) is 2.23. The molecule has 0 radical (unpaired) electrons. The number of aromatic carboxylic acids is 1. The first-order valence-corrected chi connectivity index (χ1v) is 7.21. The van der Waals surface area contributed by atoms with Gasteiger partial charge in [0, 0.05) is 5.75 Å². The van der Waals surface area contributed by atoms with Crippen LogP contribution in [0.3, 0.4) is 0 Å². The molecule has 6 heteroatoms. The van der Waals surface area contributed by atoms with Gasteiger partial charge in [-0.1, -0.05) is 20.8 Å². The Morgan fingerprint density at radius 2 is 2.33 bits per heavy atom. The molecule has 1 aromatic heterocycles. The quantitative estimate of drug-likeness (QED) is 0.736. The fraction of sp³-hybridized carbons (Fsp3) is 0.667. The molecule has 18 heavy (non-hydrogen) atoms. The average molecular weight is 272 g/mol. The fourth-order valence-electron chi connectivity index (χ4n) is 1.37. The van der Waals surface area contributed by atoms with Crippen molar-refractivity contribution in [1.29, 1.82) is 0 Å². The van der Waals surface area contributed by atoms with Crippen LogP contribution in [0.1, 0.15) is 31.1 Å². The zero-order valence-electron chi connectivity index (χ0n) is 11.0. The maximum atomic E-state index is 11.1. The summed E-state index contributed by atoms with van der Waals surface area (Å²) in [6.07, 6.45) is 1.36. The smallest absolute Gasteiger partial charge is 0.342 e. The molecule has 1 N–H and O–H groups in total. The molecule has 102 valence electrons. The Morgan fingerprint density at radius 3 is 2.89 bits per heavy atom. The number of nitrogens with zero attached hydrogens (tertiary/aromatic N) is 2. The molecule has 0 aromatic carbocycles. The molecular formula is C12H20N2O3S. The van der Waals surface area contributed by atoms with Gasteiger partial charge in [0.1, 0.15) is 5.56 Å². The molecule has 0 atom stereocenters. The lowest BCUT2D eigenvalue weighted by Crippen LogP contribution is -2.13. The summed E-state index contributed by atoms with van der Waals surface area (Å²) in [6.45, 7) is 7.29. The van der Waals surface area contributed by atoms with Crippen LogP contribution < -0.4 is 4.74 Å². The minimum atomic E-state index is -0.997. The minimum absolute atomic E-state index is 0.136. The van der Waals surface area contributed by atoms with Crippen LogP contribution in [0.2, 0.25) is 0 Å². The van der Waals surface area contributed by atoms with Gasteiger partial charge in [0.05, 0.1) is 19.3 Å². The molecule has 5 nitrogen and oxygen atoms in total. The standard InChI is InChI=1S/C12H20N2O3S/c1-4-18-6-5-14-11(17-8-9(2)3)10(7-13-14)12(15)16/h7,9H,4-6,8H2,1-3H3,(H,15,16). The maximum absolute atomic E-state index is 11.1. The molecule has 0 spiro atoms. The molecular weight excluding hydrogens is 252 g/mol. The van der Waals surface area contributed by atoms with Crippen molar-refractivity contribution in [2.75, 3.05) is 18.1 Å². The van der Waals surface area contributed by atoms with E-state index in [2.05, 4.69) is 12.0 Å². The Hall–Kier alpha value is -1.17. The molecule has 0 aliphatic rings. The van der Waals surface area contributed by atoms with Crippen LogP contribution >= 0.6 is 11.8 Å². The van der Waals surface area contributed by atoms with E-state index in [1.807, 2.05) is 13.8 Å². The van der Waals surface area contributed by atoms with Crippen molar-refractivity contribution in [2.45, 2.75) is 27.3 Å². The first-order chi connectivity index (χ1) is 8.56. The Bertz CT molecular complexity index is 391. The van der Waals surface area contributed by atoms with Crippen LogP contribution in [0.5, 0.6) is 5.88 Å². The third-order valence-corrected chi connectivity index (χ3v) is 3.11. The summed E-state index contributed by atoms with van der Waals surface area (Å²) in [5, 5.41) is 13.2. The van der Waals surface area contributed by atoms with E-state index in [4.69, 9.17) is 9.84 Å². The monoisotopic (exact) mass is 272 g/mol. The lowest BCUT2D eigenvalue weighted by atomic mass is 10.2. The number of hydrogen-bond donors (Lipinski definition) is 1. The lowest BCUT2D eigenvalue weighted by Gasteiger charge is -2.11. The van der Waals surface area contributed by atoms with E-state index in [0.717, 1.165) is 11.5 Å². The number of hydrogen-bond acceptors (Lipinski definition) is 4. The van der Waals surface area contributed by atoms with Crippen molar-refractivity contribution in [3.63, 3.8) is 0 Å². The Kier molecular flexibility index (Phi) is 6.04. The van der Waals surface area contributed by atoms with Crippen molar-refractivity contribution >= 4 is 17.7 Å². The molecule has 0 fully saturated rings. The number of aromatic nitrogens is 2. The van der Waals surface area contributed by atoms with Crippen LogP contribution in [-0.2, 0) is 6.54 Å².